The second-order valence-corrected chi connectivity index (χ2v) is 5.75. The van der Waals surface area contributed by atoms with Crippen LogP contribution in [0.4, 0.5) is 0 Å². The summed E-state index contributed by atoms with van der Waals surface area (Å²) in [5.74, 6) is 0.736. The second-order valence-electron chi connectivity index (χ2n) is 4.81. The van der Waals surface area contributed by atoms with Crippen LogP contribution in [-0.2, 0) is 11.2 Å². The highest BCUT2D eigenvalue weighted by Crippen LogP contribution is 2.21. The van der Waals surface area contributed by atoms with E-state index in [0.29, 0.717) is 6.04 Å². The Morgan fingerprint density at radius 2 is 2.53 bits per heavy atom. The molecule has 1 aliphatic heterocycles. The maximum absolute atomic E-state index is 5.45. The monoisotopic (exact) mass is 254 g/mol. The number of hydrogen-bond acceptors (Lipinski definition) is 4. The molecule has 3 nitrogen and oxygen atoms in total. The molecular formula is C13H22N2OS. The third-order valence-electron chi connectivity index (χ3n) is 3.22. The van der Waals surface area contributed by atoms with Crippen LogP contribution in [0.15, 0.2) is 5.38 Å². The quantitative estimate of drug-likeness (QED) is 0.846. The first-order chi connectivity index (χ1) is 8.28. The number of aromatic nitrogens is 1. The first-order valence-corrected chi connectivity index (χ1v) is 7.38. The molecule has 2 unspecified atom stereocenters. The molecule has 2 heterocycles. The normalized spacial score (nSPS) is 21.9. The van der Waals surface area contributed by atoms with Crippen LogP contribution in [0.3, 0.4) is 0 Å². The van der Waals surface area contributed by atoms with Crippen molar-refractivity contribution < 1.29 is 4.74 Å². The van der Waals surface area contributed by atoms with E-state index in [2.05, 4.69) is 29.5 Å². The largest absolute Gasteiger partial charge is 0.381 e. The SMILES string of the molecule is CCNC(Cc1nc(C)cs1)CC1CCOC1. The molecule has 1 aliphatic rings. The van der Waals surface area contributed by atoms with E-state index in [-0.39, 0.29) is 0 Å². The molecule has 0 spiro atoms. The van der Waals surface area contributed by atoms with Gasteiger partial charge in [0.15, 0.2) is 0 Å². The molecule has 4 heteroatoms. The number of ether oxygens (including phenoxy) is 1. The number of likely N-dealkylation sites (N-methyl/N-ethyl adjacent to an activating group) is 1. The van der Waals surface area contributed by atoms with Crippen molar-refractivity contribution in [2.24, 2.45) is 5.92 Å². The highest BCUT2D eigenvalue weighted by Gasteiger charge is 2.21. The molecule has 0 aliphatic carbocycles. The molecule has 0 amide bonds. The standard InChI is InChI=1S/C13H22N2OS/c1-3-14-12(6-11-4-5-16-8-11)7-13-15-10(2)9-17-13/h9,11-12,14H,3-8H2,1-2H3. The third-order valence-corrected chi connectivity index (χ3v) is 4.21. The first-order valence-electron chi connectivity index (χ1n) is 6.50. The van der Waals surface area contributed by atoms with Crippen LogP contribution in [-0.4, -0.2) is 30.8 Å². The topological polar surface area (TPSA) is 34.2 Å². The summed E-state index contributed by atoms with van der Waals surface area (Å²) in [7, 11) is 0. The Labute approximate surface area is 108 Å². The Kier molecular flexibility index (Phi) is 4.95. The van der Waals surface area contributed by atoms with Crippen molar-refractivity contribution in [1.82, 2.24) is 10.3 Å². The van der Waals surface area contributed by atoms with Crippen molar-refractivity contribution in [3.05, 3.63) is 16.1 Å². The van der Waals surface area contributed by atoms with Crippen LogP contribution in [0.1, 0.15) is 30.5 Å². The fraction of sp³-hybridized carbons (Fsp3) is 0.769. The summed E-state index contributed by atoms with van der Waals surface area (Å²) in [6, 6.07) is 0.553. The van der Waals surface area contributed by atoms with E-state index >= 15 is 0 Å². The van der Waals surface area contributed by atoms with E-state index in [0.717, 1.165) is 37.8 Å². The van der Waals surface area contributed by atoms with E-state index < -0.39 is 0 Å². The van der Waals surface area contributed by atoms with Gasteiger partial charge in [-0.25, -0.2) is 4.98 Å². The van der Waals surface area contributed by atoms with Crippen LogP contribution in [0.5, 0.6) is 0 Å². The molecule has 1 aromatic heterocycles. The van der Waals surface area contributed by atoms with Gasteiger partial charge in [-0.15, -0.1) is 11.3 Å². The lowest BCUT2D eigenvalue weighted by Gasteiger charge is -2.19. The summed E-state index contributed by atoms with van der Waals surface area (Å²) in [6.07, 6.45) is 3.49. The van der Waals surface area contributed by atoms with E-state index in [1.165, 1.54) is 17.8 Å². The van der Waals surface area contributed by atoms with E-state index in [9.17, 15) is 0 Å². The Hall–Kier alpha value is -0.450. The maximum atomic E-state index is 5.45. The van der Waals surface area contributed by atoms with Gasteiger partial charge in [0, 0.05) is 36.8 Å². The average Bonchev–Trinajstić information content (AvgIpc) is 2.91. The van der Waals surface area contributed by atoms with Crippen molar-refractivity contribution in [2.45, 2.75) is 39.2 Å². The zero-order valence-electron chi connectivity index (χ0n) is 10.7. The number of nitrogens with zero attached hydrogens (tertiary/aromatic N) is 1. The van der Waals surface area contributed by atoms with Crippen LogP contribution < -0.4 is 5.32 Å². The van der Waals surface area contributed by atoms with Gasteiger partial charge in [-0.05, 0) is 32.2 Å². The highest BCUT2D eigenvalue weighted by atomic mass is 32.1. The van der Waals surface area contributed by atoms with Crippen LogP contribution in [0.25, 0.3) is 0 Å². The van der Waals surface area contributed by atoms with Crippen molar-refractivity contribution >= 4 is 11.3 Å². The zero-order valence-corrected chi connectivity index (χ0v) is 11.6. The number of thiazole rings is 1. The number of rotatable bonds is 6. The molecule has 2 atom stereocenters. The average molecular weight is 254 g/mol. The molecule has 17 heavy (non-hydrogen) atoms. The molecule has 96 valence electrons. The minimum absolute atomic E-state index is 0.553. The third kappa shape index (κ3) is 4.05. The molecule has 0 bridgehead atoms. The molecule has 0 saturated carbocycles. The summed E-state index contributed by atoms with van der Waals surface area (Å²) >= 11 is 1.78. The molecule has 2 rings (SSSR count). The fourth-order valence-electron chi connectivity index (χ4n) is 2.41. The molecule has 0 radical (unpaired) electrons. The first kappa shape index (κ1) is 13.0. The van der Waals surface area contributed by atoms with Gasteiger partial charge >= 0.3 is 0 Å². The minimum atomic E-state index is 0.553. The van der Waals surface area contributed by atoms with Gasteiger partial charge in [0.05, 0.1) is 5.01 Å². The van der Waals surface area contributed by atoms with Crippen molar-refractivity contribution in [2.75, 3.05) is 19.8 Å². The zero-order chi connectivity index (χ0) is 12.1. The summed E-state index contributed by atoms with van der Waals surface area (Å²) in [5, 5.41) is 6.97. The maximum Gasteiger partial charge on any atom is 0.0943 e. The number of hydrogen-bond donors (Lipinski definition) is 1. The molecule has 1 N–H and O–H groups in total. The summed E-state index contributed by atoms with van der Waals surface area (Å²) in [6.45, 7) is 7.15. The van der Waals surface area contributed by atoms with Gasteiger partial charge in [-0.2, -0.15) is 0 Å². The summed E-state index contributed by atoms with van der Waals surface area (Å²) in [4.78, 5) is 4.55. The van der Waals surface area contributed by atoms with Gasteiger partial charge < -0.3 is 10.1 Å². The Morgan fingerprint density at radius 1 is 1.65 bits per heavy atom. The molecule has 0 aromatic carbocycles. The molecule has 1 fully saturated rings. The lowest BCUT2D eigenvalue weighted by atomic mass is 9.97. The fourth-order valence-corrected chi connectivity index (χ4v) is 3.26. The summed E-state index contributed by atoms with van der Waals surface area (Å²) in [5.41, 5.74) is 1.14. The predicted molar refractivity (Wildman–Crippen MR) is 71.6 cm³/mol. The molecule has 1 aromatic rings. The Morgan fingerprint density at radius 3 is 3.12 bits per heavy atom. The predicted octanol–water partition coefficient (Wildman–Crippen LogP) is 2.40. The number of aryl methyl sites for hydroxylation is 1. The smallest absolute Gasteiger partial charge is 0.0943 e. The number of nitrogens with one attached hydrogen (secondary N) is 1. The lowest BCUT2D eigenvalue weighted by molar-refractivity contribution is 0.181. The van der Waals surface area contributed by atoms with Crippen LogP contribution in [0.2, 0.25) is 0 Å². The lowest BCUT2D eigenvalue weighted by Crippen LogP contribution is -2.33. The van der Waals surface area contributed by atoms with Gasteiger partial charge in [0.1, 0.15) is 0 Å². The van der Waals surface area contributed by atoms with Gasteiger partial charge in [0.2, 0.25) is 0 Å². The van der Waals surface area contributed by atoms with E-state index in [4.69, 9.17) is 4.74 Å². The van der Waals surface area contributed by atoms with Crippen LogP contribution >= 0.6 is 11.3 Å². The van der Waals surface area contributed by atoms with Crippen molar-refractivity contribution in [1.29, 1.82) is 0 Å². The van der Waals surface area contributed by atoms with Crippen LogP contribution in [0, 0.1) is 12.8 Å². The summed E-state index contributed by atoms with van der Waals surface area (Å²) < 4.78 is 5.45. The van der Waals surface area contributed by atoms with Gasteiger partial charge in [-0.3, -0.25) is 0 Å². The Balaban J connectivity index is 1.87. The molecular weight excluding hydrogens is 232 g/mol. The van der Waals surface area contributed by atoms with Gasteiger partial charge in [0.25, 0.3) is 0 Å². The minimum Gasteiger partial charge on any atom is -0.381 e. The molecule has 1 saturated heterocycles. The van der Waals surface area contributed by atoms with Crippen molar-refractivity contribution in [3.63, 3.8) is 0 Å². The van der Waals surface area contributed by atoms with Gasteiger partial charge in [-0.1, -0.05) is 6.92 Å². The highest BCUT2D eigenvalue weighted by molar-refractivity contribution is 7.09. The van der Waals surface area contributed by atoms with E-state index in [1.807, 2.05) is 0 Å². The second kappa shape index (κ2) is 6.47. The van der Waals surface area contributed by atoms with Crippen molar-refractivity contribution in [3.8, 4) is 0 Å². The Bertz CT molecular complexity index is 334. The van der Waals surface area contributed by atoms with E-state index in [1.54, 1.807) is 11.3 Å².